The lowest BCUT2D eigenvalue weighted by molar-refractivity contribution is 0.276. The van der Waals surface area contributed by atoms with Crippen LogP contribution >= 0.6 is 0 Å². The quantitative estimate of drug-likeness (QED) is 0.889. The smallest absolute Gasteiger partial charge is 0.132 e. The lowest BCUT2D eigenvalue weighted by atomic mass is 10.1. The number of aliphatic hydroxyl groups is 1. The van der Waals surface area contributed by atoms with E-state index < -0.39 is 0 Å². The van der Waals surface area contributed by atoms with Gasteiger partial charge in [-0.3, -0.25) is 0 Å². The molecule has 100 valence electrons. The molecule has 0 heterocycles. The second-order valence-electron chi connectivity index (χ2n) is 4.34. The van der Waals surface area contributed by atoms with Crippen LogP contribution < -0.4 is 10.5 Å². The molecule has 0 saturated carbocycles. The van der Waals surface area contributed by atoms with Crippen molar-refractivity contribution < 1.29 is 14.2 Å². The fourth-order valence-electron chi connectivity index (χ4n) is 1.82. The minimum Gasteiger partial charge on any atom is -0.457 e. The van der Waals surface area contributed by atoms with Crippen molar-refractivity contribution in [3.05, 3.63) is 59.4 Å². The molecule has 0 aliphatic carbocycles. The lowest BCUT2D eigenvalue weighted by Crippen LogP contribution is -2.07. The molecule has 0 radical (unpaired) electrons. The van der Waals surface area contributed by atoms with Gasteiger partial charge in [0.15, 0.2) is 0 Å². The number of aliphatic hydroxyl groups excluding tert-OH is 1. The first kappa shape index (κ1) is 13.5. The van der Waals surface area contributed by atoms with Crippen molar-refractivity contribution in [2.75, 3.05) is 0 Å². The topological polar surface area (TPSA) is 55.5 Å². The van der Waals surface area contributed by atoms with E-state index in [1.165, 1.54) is 12.1 Å². The molecule has 2 rings (SSSR count). The summed E-state index contributed by atoms with van der Waals surface area (Å²) >= 11 is 0. The maximum atomic E-state index is 13.2. The Morgan fingerprint density at radius 1 is 1.21 bits per heavy atom. The van der Waals surface area contributed by atoms with Gasteiger partial charge in [-0.1, -0.05) is 18.2 Å². The van der Waals surface area contributed by atoms with Crippen molar-refractivity contribution in [1.29, 1.82) is 0 Å². The van der Waals surface area contributed by atoms with E-state index in [1.807, 2.05) is 12.1 Å². The Kier molecular flexibility index (Phi) is 4.14. The van der Waals surface area contributed by atoms with E-state index in [-0.39, 0.29) is 18.5 Å². The molecule has 4 heteroatoms. The SMILES string of the molecule is C[C@@H](N)c1cc(F)ccc1Oc1ccccc1CO. The highest BCUT2D eigenvalue weighted by Crippen LogP contribution is 2.31. The highest BCUT2D eigenvalue weighted by Gasteiger charge is 2.12. The summed E-state index contributed by atoms with van der Waals surface area (Å²) in [5.74, 6) is 0.686. The van der Waals surface area contributed by atoms with Gasteiger partial charge in [0.1, 0.15) is 17.3 Å². The second-order valence-corrected chi connectivity index (χ2v) is 4.34. The number of nitrogens with two attached hydrogens (primary N) is 1. The van der Waals surface area contributed by atoms with Crippen LogP contribution in [0.4, 0.5) is 4.39 Å². The Balaban J connectivity index is 2.38. The van der Waals surface area contributed by atoms with Gasteiger partial charge in [-0.25, -0.2) is 4.39 Å². The zero-order valence-corrected chi connectivity index (χ0v) is 10.6. The number of rotatable bonds is 4. The summed E-state index contributed by atoms with van der Waals surface area (Å²) in [4.78, 5) is 0. The highest BCUT2D eigenvalue weighted by atomic mass is 19.1. The second kappa shape index (κ2) is 5.82. The van der Waals surface area contributed by atoms with Gasteiger partial charge < -0.3 is 15.6 Å². The van der Waals surface area contributed by atoms with Crippen molar-refractivity contribution in [1.82, 2.24) is 0 Å². The third-order valence-electron chi connectivity index (χ3n) is 2.83. The van der Waals surface area contributed by atoms with Gasteiger partial charge in [-0.15, -0.1) is 0 Å². The third kappa shape index (κ3) is 3.10. The average Bonchev–Trinajstić information content (AvgIpc) is 2.41. The molecule has 2 aromatic rings. The zero-order valence-electron chi connectivity index (χ0n) is 10.6. The fourth-order valence-corrected chi connectivity index (χ4v) is 1.82. The van der Waals surface area contributed by atoms with Gasteiger partial charge in [-0.2, -0.15) is 0 Å². The van der Waals surface area contributed by atoms with Crippen molar-refractivity contribution in [3.63, 3.8) is 0 Å². The Labute approximate surface area is 111 Å². The van der Waals surface area contributed by atoms with Crippen LogP contribution in [0.1, 0.15) is 24.1 Å². The Bertz CT molecular complexity index is 570. The van der Waals surface area contributed by atoms with Gasteiger partial charge in [0, 0.05) is 17.2 Å². The van der Waals surface area contributed by atoms with Crippen LogP contribution in [-0.4, -0.2) is 5.11 Å². The predicted octanol–water partition coefficient (Wildman–Crippen LogP) is 3.13. The van der Waals surface area contributed by atoms with Crippen molar-refractivity contribution in [3.8, 4) is 11.5 Å². The number of hydrogen-bond acceptors (Lipinski definition) is 3. The molecule has 0 spiro atoms. The monoisotopic (exact) mass is 261 g/mol. The average molecular weight is 261 g/mol. The van der Waals surface area contributed by atoms with Crippen LogP contribution in [0.3, 0.4) is 0 Å². The molecule has 0 aliphatic heterocycles. The van der Waals surface area contributed by atoms with Crippen LogP contribution in [0, 0.1) is 5.82 Å². The van der Waals surface area contributed by atoms with Crippen LogP contribution in [0.2, 0.25) is 0 Å². The standard InChI is InChI=1S/C15H16FNO2/c1-10(17)13-8-12(16)6-7-15(13)19-14-5-3-2-4-11(14)9-18/h2-8,10,18H,9,17H2,1H3/t10-/m1/s1. The maximum Gasteiger partial charge on any atom is 0.132 e. The van der Waals surface area contributed by atoms with E-state index in [0.717, 1.165) is 0 Å². The molecule has 1 atom stereocenters. The summed E-state index contributed by atoms with van der Waals surface area (Å²) in [6, 6.07) is 11.0. The van der Waals surface area contributed by atoms with E-state index in [2.05, 4.69) is 0 Å². The number of ether oxygens (including phenoxy) is 1. The molecule has 2 aromatic carbocycles. The number of benzene rings is 2. The summed E-state index contributed by atoms with van der Waals surface area (Å²) in [6.07, 6.45) is 0. The summed E-state index contributed by atoms with van der Waals surface area (Å²) in [6.45, 7) is 1.64. The van der Waals surface area contributed by atoms with Gasteiger partial charge in [-0.05, 0) is 31.2 Å². The van der Waals surface area contributed by atoms with E-state index in [1.54, 1.807) is 25.1 Å². The normalized spacial score (nSPS) is 12.2. The van der Waals surface area contributed by atoms with Crippen LogP contribution in [-0.2, 0) is 6.61 Å². The first-order chi connectivity index (χ1) is 9.11. The lowest BCUT2D eigenvalue weighted by Gasteiger charge is -2.15. The van der Waals surface area contributed by atoms with Crippen LogP contribution in [0.15, 0.2) is 42.5 Å². The molecule has 0 aliphatic rings. The van der Waals surface area contributed by atoms with Crippen molar-refractivity contribution >= 4 is 0 Å². The summed E-state index contributed by atoms with van der Waals surface area (Å²) in [7, 11) is 0. The Morgan fingerprint density at radius 3 is 2.63 bits per heavy atom. The minimum absolute atomic E-state index is 0.120. The third-order valence-corrected chi connectivity index (χ3v) is 2.83. The van der Waals surface area contributed by atoms with E-state index in [9.17, 15) is 9.50 Å². The molecule has 3 nitrogen and oxygen atoms in total. The first-order valence-corrected chi connectivity index (χ1v) is 6.03. The molecule has 3 N–H and O–H groups in total. The van der Waals surface area contributed by atoms with Crippen LogP contribution in [0.5, 0.6) is 11.5 Å². The van der Waals surface area contributed by atoms with E-state index in [0.29, 0.717) is 22.6 Å². The number of hydrogen-bond donors (Lipinski definition) is 2. The molecule has 0 amide bonds. The first-order valence-electron chi connectivity index (χ1n) is 6.03. The summed E-state index contributed by atoms with van der Waals surface area (Å²) in [5, 5.41) is 9.25. The van der Waals surface area contributed by atoms with Gasteiger partial charge in [0.2, 0.25) is 0 Å². The number of halogens is 1. The van der Waals surface area contributed by atoms with E-state index in [4.69, 9.17) is 10.5 Å². The van der Waals surface area contributed by atoms with Gasteiger partial charge >= 0.3 is 0 Å². The largest absolute Gasteiger partial charge is 0.457 e. The minimum atomic E-state index is -0.352. The maximum absolute atomic E-state index is 13.2. The molecule has 0 aromatic heterocycles. The van der Waals surface area contributed by atoms with Crippen LogP contribution in [0.25, 0.3) is 0 Å². The molecule has 0 fully saturated rings. The van der Waals surface area contributed by atoms with E-state index >= 15 is 0 Å². The highest BCUT2D eigenvalue weighted by molar-refractivity contribution is 5.42. The zero-order chi connectivity index (χ0) is 13.8. The molecule has 0 bridgehead atoms. The summed E-state index contributed by atoms with van der Waals surface area (Å²) in [5.41, 5.74) is 7.07. The van der Waals surface area contributed by atoms with Crippen molar-refractivity contribution in [2.24, 2.45) is 5.73 Å². The Morgan fingerprint density at radius 2 is 1.95 bits per heavy atom. The van der Waals surface area contributed by atoms with Gasteiger partial charge in [0.05, 0.1) is 6.61 Å². The molecule has 0 unspecified atom stereocenters. The molecule has 0 saturated heterocycles. The Hall–Kier alpha value is -1.91. The summed E-state index contributed by atoms with van der Waals surface area (Å²) < 4.78 is 19.0. The number of para-hydroxylation sites is 1. The molecular weight excluding hydrogens is 245 g/mol. The fraction of sp³-hybridized carbons (Fsp3) is 0.200. The molecule has 19 heavy (non-hydrogen) atoms. The predicted molar refractivity (Wildman–Crippen MR) is 71.4 cm³/mol. The van der Waals surface area contributed by atoms with Gasteiger partial charge in [0.25, 0.3) is 0 Å². The molecular formula is C15H16FNO2. The van der Waals surface area contributed by atoms with Crippen molar-refractivity contribution in [2.45, 2.75) is 19.6 Å².